The second-order valence-corrected chi connectivity index (χ2v) is 10.7. The van der Waals surface area contributed by atoms with Crippen LogP contribution >= 0.6 is 27.3 Å². The number of halogens is 2. The predicted octanol–water partition coefficient (Wildman–Crippen LogP) is 4.16. The smallest absolute Gasteiger partial charge is 0.338 e. The number of thiazole rings is 1. The van der Waals surface area contributed by atoms with Crippen LogP contribution in [0.15, 0.2) is 50.5 Å². The highest BCUT2D eigenvalue weighted by atomic mass is 79.9. The van der Waals surface area contributed by atoms with Crippen LogP contribution in [0.4, 0.5) is 4.39 Å². The summed E-state index contributed by atoms with van der Waals surface area (Å²) in [7, 11) is 1.71. The Bertz CT molecular complexity index is 1200. The number of carbonyl (C=O) groups is 2. The summed E-state index contributed by atoms with van der Waals surface area (Å²) >= 11 is 4.85. The molecular formula is C24H24BrFN4O3S. The molecule has 2 aliphatic heterocycles. The molecule has 34 heavy (non-hydrogen) atoms. The number of hydrogen-bond donors (Lipinski definition) is 0. The molecule has 3 atom stereocenters. The first-order valence-electron chi connectivity index (χ1n) is 11.2. The highest BCUT2D eigenvalue weighted by Crippen LogP contribution is 2.42. The molecule has 1 saturated carbocycles. The Labute approximate surface area is 209 Å². The fourth-order valence-corrected chi connectivity index (χ4v) is 5.67. The third-order valence-corrected chi connectivity index (χ3v) is 8.08. The van der Waals surface area contributed by atoms with Crippen molar-refractivity contribution in [2.45, 2.75) is 25.8 Å². The van der Waals surface area contributed by atoms with Gasteiger partial charge >= 0.3 is 5.97 Å². The number of amides is 1. The van der Waals surface area contributed by atoms with Crippen LogP contribution < -0.4 is 0 Å². The van der Waals surface area contributed by atoms with E-state index in [1.54, 1.807) is 29.1 Å². The fraction of sp³-hybridized carbons (Fsp3) is 0.417. The van der Waals surface area contributed by atoms with Crippen molar-refractivity contribution in [2.24, 2.45) is 16.8 Å². The quantitative estimate of drug-likeness (QED) is 0.508. The molecule has 0 bridgehead atoms. The number of hydrogen-bond acceptors (Lipinski definition) is 7. The maximum absolute atomic E-state index is 13.9. The standard InChI is InChI=1S/C24H24BrFN4O3S/c1-13-9-14(13)5-7-33-24(32)20-18-11-29(2)19(31)12-30(18)22(23-27-6-8-34-23)28-21(20)16-4-3-15(26)10-17(16)25/h3-4,6,8,10,13-14,21H,5,7,9,11-12H2,1-2H3/t13?,14-,21?/m0/s1. The number of esters is 1. The number of fused-ring (bicyclic) bond motifs is 1. The predicted molar refractivity (Wildman–Crippen MR) is 130 cm³/mol. The van der Waals surface area contributed by atoms with Gasteiger partial charge in [0.05, 0.1) is 24.4 Å². The Morgan fingerprint density at radius 1 is 1.35 bits per heavy atom. The van der Waals surface area contributed by atoms with Crippen LogP contribution in [-0.2, 0) is 14.3 Å². The van der Waals surface area contributed by atoms with Gasteiger partial charge in [-0.3, -0.25) is 9.79 Å². The molecule has 3 aliphatic rings. The number of nitrogens with zero attached hydrogens (tertiary/aromatic N) is 4. The average molecular weight is 547 g/mol. The van der Waals surface area contributed by atoms with E-state index in [1.165, 1.54) is 29.9 Å². The van der Waals surface area contributed by atoms with E-state index >= 15 is 0 Å². The minimum Gasteiger partial charge on any atom is -0.462 e. The lowest BCUT2D eigenvalue weighted by Crippen LogP contribution is -2.52. The van der Waals surface area contributed by atoms with Gasteiger partial charge in [-0.05, 0) is 42.4 Å². The zero-order chi connectivity index (χ0) is 24.0. The Balaban J connectivity index is 1.58. The van der Waals surface area contributed by atoms with E-state index in [9.17, 15) is 14.0 Å². The Kier molecular flexibility index (Phi) is 6.28. The van der Waals surface area contributed by atoms with Crippen LogP contribution in [0.5, 0.6) is 0 Å². The number of aliphatic imine (C=N–C) groups is 1. The lowest BCUT2D eigenvalue weighted by molar-refractivity contribution is -0.140. The number of rotatable bonds is 6. The van der Waals surface area contributed by atoms with Crippen molar-refractivity contribution in [1.29, 1.82) is 0 Å². The molecular weight excluding hydrogens is 523 g/mol. The lowest BCUT2D eigenvalue weighted by Gasteiger charge is -2.41. The molecule has 3 heterocycles. The zero-order valence-electron chi connectivity index (χ0n) is 18.8. The Morgan fingerprint density at radius 2 is 2.15 bits per heavy atom. The van der Waals surface area contributed by atoms with Crippen molar-refractivity contribution in [1.82, 2.24) is 14.8 Å². The first kappa shape index (κ1) is 23.2. The molecule has 5 rings (SSSR count). The van der Waals surface area contributed by atoms with Crippen LogP contribution in [0, 0.1) is 17.7 Å². The topological polar surface area (TPSA) is 75.1 Å². The van der Waals surface area contributed by atoms with E-state index < -0.39 is 17.8 Å². The summed E-state index contributed by atoms with van der Waals surface area (Å²) < 4.78 is 20.1. The van der Waals surface area contributed by atoms with Crippen LogP contribution in [0.1, 0.15) is 36.4 Å². The van der Waals surface area contributed by atoms with Gasteiger partial charge in [0.1, 0.15) is 18.4 Å². The van der Waals surface area contributed by atoms with Crippen LogP contribution in [0.25, 0.3) is 0 Å². The molecule has 1 amide bonds. The fourth-order valence-electron chi connectivity index (χ4n) is 4.46. The number of piperazine rings is 1. The summed E-state index contributed by atoms with van der Waals surface area (Å²) in [6.07, 6.45) is 3.67. The van der Waals surface area contributed by atoms with E-state index in [0.717, 1.165) is 6.42 Å². The SMILES string of the molecule is CC1C[C@@H]1CCOC(=O)C1=C2CN(C)C(=O)CN2C(c2nccs2)=NC1c1ccc(F)cc1Br. The first-order valence-corrected chi connectivity index (χ1v) is 12.8. The third kappa shape index (κ3) is 4.40. The molecule has 0 radical (unpaired) electrons. The lowest BCUT2D eigenvalue weighted by atomic mass is 9.93. The molecule has 178 valence electrons. The highest BCUT2D eigenvalue weighted by molar-refractivity contribution is 9.10. The number of amidine groups is 1. The highest BCUT2D eigenvalue weighted by Gasteiger charge is 2.42. The minimum atomic E-state index is -0.728. The number of ether oxygens (including phenoxy) is 1. The molecule has 2 fully saturated rings. The maximum Gasteiger partial charge on any atom is 0.338 e. The largest absolute Gasteiger partial charge is 0.462 e. The summed E-state index contributed by atoms with van der Waals surface area (Å²) in [4.78, 5) is 38.8. The molecule has 1 aromatic heterocycles. The van der Waals surface area contributed by atoms with E-state index in [4.69, 9.17) is 9.73 Å². The summed E-state index contributed by atoms with van der Waals surface area (Å²) in [6, 6.07) is 3.61. The van der Waals surface area contributed by atoms with Crippen LogP contribution in [-0.4, -0.2) is 59.2 Å². The van der Waals surface area contributed by atoms with Gasteiger partial charge in [0.25, 0.3) is 0 Å². The zero-order valence-corrected chi connectivity index (χ0v) is 21.2. The summed E-state index contributed by atoms with van der Waals surface area (Å²) in [5.41, 5.74) is 1.68. The van der Waals surface area contributed by atoms with Gasteiger partial charge in [-0.2, -0.15) is 0 Å². The van der Waals surface area contributed by atoms with Crippen molar-refractivity contribution in [3.63, 3.8) is 0 Å². The second-order valence-electron chi connectivity index (χ2n) is 8.95. The van der Waals surface area contributed by atoms with Crippen molar-refractivity contribution in [2.75, 3.05) is 26.7 Å². The van der Waals surface area contributed by atoms with E-state index in [-0.39, 0.29) is 19.0 Å². The molecule has 7 nitrogen and oxygen atoms in total. The maximum atomic E-state index is 13.9. The van der Waals surface area contributed by atoms with Crippen LogP contribution in [0.2, 0.25) is 0 Å². The van der Waals surface area contributed by atoms with Gasteiger partial charge in [-0.25, -0.2) is 14.2 Å². The van der Waals surface area contributed by atoms with Gasteiger partial charge in [0.2, 0.25) is 5.91 Å². The Morgan fingerprint density at radius 3 is 2.82 bits per heavy atom. The summed E-state index contributed by atoms with van der Waals surface area (Å²) in [6.45, 7) is 2.82. The number of carbonyl (C=O) groups excluding carboxylic acids is 2. The second kappa shape index (κ2) is 9.22. The minimum absolute atomic E-state index is 0.0535. The molecule has 2 unspecified atom stereocenters. The van der Waals surface area contributed by atoms with Gasteiger partial charge < -0.3 is 14.5 Å². The molecule has 10 heteroatoms. The average Bonchev–Trinajstić information content (AvgIpc) is 3.25. The van der Waals surface area contributed by atoms with Crippen LogP contribution in [0.3, 0.4) is 0 Å². The normalized spacial score (nSPS) is 24.2. The van der Waals surface area contributed by atoms with Crippen molar-refractivity contribution >= 4 is 45.0 Å². The number of likely N-dealkylation sites (N-methyl/N-ethyl adjacent to an activating group) is 1. The monoisotopic (exact) mass is 546 g/mol. The van der Waals surface area contributed by atoms with E-state index in [2.05, 4.69) is 27.8 Å². The molecule has 2 aromatic rings. The molecule has 0 N–H and O–H groups in total. The van der Waals surface area contributed by atoms with Crippen molar-refractivity contribution in [3.8, 4) is 0 Å². The van der Waals surface area contributed by atoms with E-state index in [0.29, 0.717) is 50.6 Å². The summed E-state index contributed by atoms with van der Waals surface area (Å²) in [5.74, 6) is 0.871. The first-order chi connectivity index (χ1) is 16.3. The van der Waals surface area contributed by atoms with Gasteiger partial charge in [0, 0.05) is 23.1 Å². The molecule has 1 aliphatic carbocycles. The van der Waals surface area contributed by atoms with Gasteiger partial charge in [0.15, 0.2) is 10.8 Å². The van der Waals surface area contributed by atoms with E-state index in [1.807, 2.05) is 5.38 Å². The third-order valence-electron chi connectivity index (χ3n) is 6.62. The van der Waals surface area contributed by atoms with Gasteiger partial charge in [-0.15, -0.1) is 11.3 Å². The molecule has 1 saturated heterocycles. The molecule has 1 aromatic carbocycles. The number of aromatic nitrogens is 1. The van der Waals surface area contributed by atoms with Gasteiger partial charge in [-0.1, -0.05) is 28.9 Å². The van der Waals surface area contributed by atoms with Crippen molar-refractivity contribution < 1.29 is 18.7 Å². The van der Waals surface area contributed by atoms with Crippen molar-refractivity contribution in [3.05, 3.63) is 61.9 Å². The number of benzene rings is 1. The summed E-state index contributed by atoms with van der Waals surface area (Å²) in [5, 5.41) is 2.48. The Hall–Kier alpha value is -2.59. The molecule has 0 spiro atoms.